The number of carbonyl (C=O) groups is 1. The number of nitrogens with zero attached hydrogens (tertiary/aromatic N) is 1. The van der Waals surface area contributed by atoms with Crippen molar-refractivity contribution in [1.82, 2.24) is 0 Å². The molecule has 0 aromatic carbocycles. The second-order valence-corrected chi connectivity index (χ2v) is 1.67. The van der Waals surface area contributed by atoms with Gasteiger partial charge in [0.05, 0.1) is 0 Å². The Hall–Kier alpha value is -1.34. The van der Waals surface area contributed by atoms with Gasteiger partial charge >= 0.3 is 5.97 Å². The van der Waals surface area contributed by atoms with Gasteiger partial charge in [-0.05, 0) is 6.92 Å². The highest BCUT2D eigenvalue weighted by Gasteiger charge is 2.08. The van der Waals surface area contributed by atoms with Gasteiger partial charge in [-0.15, -0.1) is 0 Å². The maximum Gasteiger partial charge on any atom is 0.336 e. The lowest BCUT2D eigenvalue weighted by Crippen LogP contribution is -2.15. The van der Waals surface area contributed by atoms with Gasteiger partial charge in [0.2, 0.25) is 0 Å². The third-order valence-corrected chi connectivity index (χ3v) is 0.678. The van der Waals surface area contributed by atoms with Crippen LogP contribution in [0.2, 0.25) is 0 Å². The fourth-order valence-corrected chi connectivity index (χ4v) is 0.228. The Labute approximate surface area is 58.3 Å². The zero-order chi connectivity index (χ0) is 8.15. The molecule has 1 atom stereocenters. The van der Waals surface area contributed by atoms with Gasteiger partial charge in [-0.3, -0.25) is 0 Å². The number of hydrogen-bond donors (Lipinski definition) is 1. The highest BCUT2D eigenvalue weighted by Crippen LogP contribution is 1.94. The number of carbonyl (C=O) groups excluding carboxylic acids is 1. The molecule has 0 heterocycles. The molecule has 0 amide bonds. The summed E-state index contributed by atoms with van der Waals surface area (Å²) in [5, 5.41) is 16.4. The average molecular weight is 141 g/mol. The van der Waals surface area contributed by atoms with Crippen LogP contribution in [0.4, 0.5) is 0 Å². The molecule has 4 nitrogen and oxygen atoms in total. The molecule has 1 N–H and O–H groups in total. The van der Waals surface area contributed by atoms with Crippen LogP contribution in [-0.4, -0.2) is 17.4 Å². The van der Waals surface area contributed by atoms with Crippen LogP contribution < -0.4 is 0 Å². The molecule has 0 aliphatic rings. The zero-order valence-electron chi connectivity index (χ0n) is 5.50. The summed E-state index contributed by atoms with van der Waals surface area (Å²) in [6.07, 6.45) is -1.69. The van der Waals surface area contributed by atoms with Crippen LogP contribution in [0, 0.1) is 11.3 Å². The third-order valence-electron chi connectivity index (χ3n) is 0.678. The lowest BCUT2D eigenvalue weighted by molar-refractivity contribution is -0.154. The maximum atomic E-state index is 10.5. The van der Waals surface area contributed by atoms with Crippen molar-refractivity contribution >= 4 is 5.97 Å². The summed E-state index contributed by atoms with van der Waals surface area (Å²) in [6.45, 7) is 4.67. The second-order valence-electron chi connectivity index (χ2n) is 1.67. The fourth-order valence-electron chi connectivity index (χ4n) is 0.228. The Balaban J connectivity index is 3.83. The van der Waals surface area contributed by atoms with Crippen molar-refractivity contribution in [3.8, 4) is 6.07 Å². The number of nitriles is 1. The lowest BCUT2D eigenvalue weighted by Gasteiger charge is -2.02. The first-order chi connectivity index (χ1) is 4.57. The lowest BCUT2D eigenvalue weighted by atomic mass is 10.4. The summed E-state index contributed by atoms with van der Waals surface area (Å²) < 4.78 is 4.12. The van der Waals surface area contributed by atoms with Gasteiger partial charge < -0.3 is 9.84 Å². The molecule has 0 fully saturated rings. The summed E-state index contributed by atoms with van der Waals surface area (Å²) in [5.74, 6) is -0.769. The van der Waals surface area contributed by atoms with Crippen LogP contribution in [0.15, 0.2) is 12.2 Å². The van der Waals surface area contributed by atoms with Crippen LogP contribution >= 0.6 is 0 Å². The quantitative estimate of drug-likeness (QED) is 0.253. The van der Waals surface area contributed by atoms with Crippen molar-refractivity contribution in [3.63, 3.8) is 0 Å². The van der Waals surface area contributed by atoms with E-state index in [4.69, 9.17) is 10.4 Å². The van der Waals surface area contributed by atoms with Crippen molar-refractivity contribution in [2.45, 2.75) is 13.2 Å². The van der Waals surface area contributed by atoms with Crippen molar-refractivity contribution in [1.29, 1.82) is 5.26 Å². The Morgan fingerprint density at radius 3 is 2.70 bits per heavy atom. The molecule has 0 aromatic heterocycles. The van der Waals surface area contributed by atoms with Crippen molar-refractivity contribution in [2.75, 3.05) is 0 Å². The first-order valence-electron chi connectivity index (χ1n) is 2.52. The van der Waals surface area contributed by atoms with Crippen LogP contribution in [-0.2, 0) is 9.53 Å². The molecule has 10 heavy (non-hydrogen) atoms. The largest absolute Gasteiger partial charge is 0.418 e. The summed E-state index contributed by atoms with van der Waals surface area (Å²) in [6, 6.07) is 1.32. The summed E-state index contributed by atoms with van der Waals surface area (Å²) in [5.41, 5.74) is 0.147. The molecular weight excluding hydrogens is 134 g/mol. The molecule has 0 spiro atoms. The highest BCUT2D eigenvalue weighted by molar-refractivity contribution is 5.87. The van der Waals surface area contributed by atoms with E-state index in [9.17, 15) is 4.79 Å². The normalized spacial score (nSPS) is 11.3. The van der Waals surface area contributed by atoms with E-state index in [-0.39, 0.29) is 5.57 Å². The first-order valence-corrected chi connectivity index (χ1v) is 2.52. The van der Waals surface area contributed by atoms with Gasteiger partial charge in [0.25, 0.3) is 6.29 Å². The van der Waals surface area contributed by atoms with E-state index in [2.05, 4.69) is 11.3 Å². The number of ether oxygens (including phenoxy) is 1. The molecule has 54 valence electrons. The van der Waals surface area contributed by atoms with Crippen molar-refractivity contribution in [3.05, 3.63) is 12.2 Å². The van der Waals surface area contributed by atoms with E-state index in [0.29, 0.717) is 0 Å². The number of hydrogen-bond acceptors (Lipinski definition) is 4. The van der Waals surface area contributed by atoms with E-state index in [1.807, 2.05) is 0 Å². The van der Waals surface area contributed by atoms with E-state index >= 15 is 0 Å². The van der Waals surface area contributed by atoms with E-state index in [1.54, 1.807) is 0 Å². The SMILES string of the molecule is C=C(C)C(=O)OC(O)C#N. The van der Waals surface area contributed by atoms with Gasteiger partial charge in [0, 0.05) is 5.57 Å². The minimum absolute atomic E-state index is 0.147. The number of esters is 1. The van der Waals surface area contributed by atoms with Gasteiger partial charge in [0.15, 0.2) is 0 Å². The summed E-state index contributed by atoms with van der Waals surface area (Å²) in [4.78, 5) is 10.5. The topological polar surface area (TPSA) is 70.3 Å². The molecule has 0 aliphatic heterocycles. The Morgan fingerprint density at radius 1 is 1.90 bits per heavy atom. The first kappa shape index (κ1) is 8.66. The number of rotatable bonds is 2. The number of aliphatic hydroxyl groups excluding tert-OH is 1. The predicted molar refractivity (Wildman–Crippen MR) is 32.5 cm³/mol. The zero-order valence-corrected chi connectivity index (χ0v) is 5.50. The minimum atomic E-state index is -1.69. The van der Waals surface area contributed by atoms with Gasteiger partial charge in [0.1, 0.15) is 6.07 Å². The Bertz CT molecular complexity index is 192. The smallest absolute Gasteiger partial charge is 0.336 e. The minimum Gasteiger partial charge on any atom is -0.418 e. The molecule has 0 bridgehead atoms. The molecule has 0 aromatic rings. The standard InChI is InChI=1S/C6H7NO3/c1-4(2)6(9)10-5(8)3-7/h5,8H,1H2,2H3. The molecule has 1 unspecified atom stereocenters. The Morgan fingerprint density at radius 2 is 2.40 bits per heavy atom. The van der Waals surface area contributed by atoms with Gasteiger partial charge in [-0.2, -0.15) is 5.26 Å². The fraction of sp³-hybridized carbons (Fsp3) is 0.333. The van der Waals surface area contributed by atoms with Crippen molar-refractivity contribution < 1.29 is 14.6 Å². The molecular formula is C6H7NO3. The van der Waals surface area contributed by atoms with E-state index < -0.39 is 12.3 Å². The molecule has 4 heteroatoms. The molecule has 0 saturated carbocycles. The van der Waals surface area contributed by atoms with E-state index in [1.165, 1.54) is 13.0 Å². The van der Waals surface area contributed by atoms with Gasteiger partial charge in [-0.25, -0.2) is 4.79 Å². The second kappa shape index (κ2) is 3.64. The molecule has 0 rings (SSSR count). The summed E-state index contributed by atoms with van der Waals surface area (Å²) >= 11 is 0. The monoisotopic (exact) mass is 141 g/mol. The maximum absolute atomic E-state index is 10.5. The third kappa shape index (κ3) is 2.84. The van der Waals surface area contributed by atoms with Crippen LogP contribution in [0.3, 0.4) is 0 Å². The summed E-state index contributed by atoms with van der Waals surface area (Å²) in [7, 11) is 0. The molecule has 0 saturated heterocycles. The molecule has 0 radical (unpaired) electrons. The van der Waals surface area contributed by atoms with E-state index in [0.717, 1.165) is 0 Å². The van der Waals surface area contributed by atoms with Crippen LogP contribution in [0.25, 0.3) is 0 Å². The molecule has 0 aliphatic carbocycles. The van der Waals surface area contributed by atoms with Gasteiger partial charge in [-0.1, -0.05) is 6.58 Å². The highest BCUT2D eigenvalue weighted by atomic mass is 16.6. The van der Waals surface area contributed by atoms with Crippen molar-refractivity contribution in [2.24, 2.45) is 0 Å². The van der Waals surface area contributed by atoms with Crippen LogP contribution in [0.1, 0.15) is 6.92 Å². The van der Waals surface area contributed by atoms with Crippen LogP contribution in [0.5, 0.6) is 0 Å². The number of aliphatic hydroxyl groups is 1. The average Bonchev–Trinajstić information content (AvgIpc) is 1.87. The predicted octanol–water partition coefficient (Wildman–Crippen LogP) is -0.0523. The Kier molecular flexibility index (Phi) is 3.15.